The molecule has 2 heterocycles. The fourth-order valence-corrected chi connectivity index (χ4v) is 3.60. The Hall–Kier alpha value is -2.06. The number of carbonyl (C=O) groups excluding carboxylic acids is 1. The minimum absolute atomic E-state index is 0.123. The number of hydrogen-bond donors (Lipinski definition) is 1. The largest absolute Gasteiger partial charge is 0.496 e. The normalized spacial score (nSPS) is 12.9. The predicted octanol–water partition coefficient (Wildman–Crippen LogP) is 3.62. The molecule has 1 amide bonds. The van der Waals surface area contributed by atoms with Crippen LogP contribution in [0.25, 0.3) is 11.3 Å². The molecule has 0 saturated heterocycles. The summed E-state index contributed by atoms with van der Waals surface area (Å²) in [6.07, 6.45) is -0.399. The Labute approximate surface area is 158 Å². The first-order valence-electron chi connectivity index (χ1n) is 7.55. The molecule has 9 heteroatoms. The van der Waals surface area contributed by atoms with Gasteiger partial charge in [0.2, 0.25) is 5.95 Å². The number of carbonyl (C=O) groups is 1. The lowest BCUT2D eigenvalue weighted by molar-refractivity contribution is 0.106. The van der Waals surface area contributed by atoms with Crippen LogP contribution in [0, 0.1) is 0 Å². The Kier molecular flexibility index (Phi) is 5.01. The van der Waals surface area contributed by atoms with Crippen LogP contribution in [0.15, 0.2) is 16.6 Å². The molecule has 132 valence electrons. The van der Waals surface area contributed by atoms with Gasteiger partial charge in [0.15, 0.2) is 0 Å². The molecule has 2 aromatic rings. The van der Waals surface area contributed by atoms with Gasteiger partial charge in [-0.15, -0.1) is 0 Å². The number of methoxy groups -OCH3 is 1. The van der Waals surface area contributed by atoms with Gasteiger partial charge in [-0.1, -0.05) is 11.6 Å². The number of benzene rings is 1. The lowest BCUT2D eigenvalue weighted by Gasteiger charge is -2.14. The first kappa shape index (κ1) is 17.8. The molecule has 1 aliphatic rings. The van der Waals surface area contributed by atoms with Crippen LogP contribution in [0.2, 0.25) is 5.02 Å². The van der Waals surface area contributed by atoms with Gasteiger partial charge < -0.3 is 15.2 Å². The summed E-state index contributed by atoms with van der Waals surface area (Å²) in [5.74, 6) is 0.739. The zero-order valence-corrected chi connectivity index (χ0v) is 16.0. The minimum atomic E-state index is -0.399. The third-order valence-electron chi connectivity index (χ3n) is 3.82. The summed E-state index contributed by atoms with van der Waals surface area (Å²) >= 11 is 9.80. The van der Waals surface area contributed by atoms with E-state index in [1.165, 1.54) is 0 Å². The van der Waals surface area contributed by atoms with Crippen molar-refractivity contribution in [3.63, 3.8) is 0 Å². The monoisotopic (exact) mass is 426 g/mol. The van der Waals surface area contributed by atoms with Gasteiger partial charge in [0, 0.05) is 11.1 Å². The molecular formula is C16H16BrClN4O3. The van der Waals surface area contributed by atoms with Crippen LogP contribution in [0.1, 0.15) is 18.2 Å². The molecule has 0 fully saturated rings. The summed E-state index contributed by atoms with van der Waals surface area (Å²) in [5, 5.41) is 0.488. The van der Waals surface area contributed by atoms with Gasteiger partial charge in [0.25, 0.3) is 0 Å². The van der Waals surface area contributed by atoms with Gasteiger partial charge in [-0.3, -0.25) is 4.90 Å². The second-order valence-electron chi connectivity index (χ2n) is 5.38. The van der Waals surface area contributed by atoms with Crippen molar-refractivity contribution in [2.45, 2.75) is 20.0 Å². The number of nitrogens with two attached hydrogens (primary N) is 1. The van der Waals surface area contributed by atoms with E-state index in [9.17, 15) is 4.79 Å². The third-order valence-corrected chi connectivity index (χ3v) is 4.75. The Bertz CT molecular complexity index is 847. The van der Waals surface area contributed by atoms with Gasteiger partial charge in [-0.2, -0.15) is 0 Å². The average molecular weight is 428 g/mol. The highest BCUT2D eigenvalue weighted by Gasteiger charge is 2.30. The van der Waals surface area contributed by atoms with Gasteiger partial charge in [0.05, 0.1) is 47.7 Å². The van der Waals surface area contributed by atoms with Crippen LogP contribution in [0.5, 0.6) is 5.75 Å². The second-order valence-corrected chi connectivity index (χ2v) is 6.64. The molecule has 0 aliphatic carbocycles. The molecule has 0 atom stereocenters. The van der Waals surface area contributed by atoms with Gasteiger partial charge in [0.1, 0.15) is 5.75 Å². The Morgan fingerprint density at radius 3 is 2.84 bits per heavy atom. The number of nitrogens with zero attached hydrogens (tertiary/aromatic N) is 3. The van der Waals surface area contributed by atoms with Gasteiger partial charge in [-0.25, -0.2) is 14.8 Å². The van der Waals surface area contributed by atoms with E-state index in [1.54, 1.807) is 31.1 Å². The summed E-state index contributed by atoms with van der Waals surface area (Å²) in [5.41, 5.74) is 8.60. The van der Waals surface area contributed by atoms with Crippen LogP contribution in [-0.2, 0) is 17.8 Å². The summed E-state index contributed by atoms with van der Waals surface area (Å²) in [4.78, 5) is 22.2. The van der Waals surface area contributed by atoms with Crippen molar-refractivity contribution in [2.24, 2.45) is 0 Å². The van der Waals surface area contributed by atoms with E-state index < -0.39 is 6.09 Å². The summed E-state index contributed by atoms with van der Waals surface area (Å²) in [6.45, 7) is 2.72. The number of nitrogen functional groups attached to an aromatic ring is 1. The highest BCUT2D eigenvalue weighted by Crippen LogP contribution is 2.39. The van der Waals surface area contributed by atoms with Gasteiger partial charge >= 0.3 is 6.09 Å². The van der Waals surface area contributed by atoms with Crippen LogP contribution >= 0.6 is 27.5 Å². The second kappa shape index (κ2) is 7.05. The van der Waals surface area contributed by atoms with Crippen molar-refractivity contribution >= 4 is 39.6 Å². The molecule has 3 rings (SSSR count). The summed E-state index contributed by atoms with van der Waals surface area (Å²) < 4.78 is 11.1. The minimum Gasteiger partial charge on any atom is -0.496 e. The van der Waals surface area contributed by atoms with Crippen molar-refractivity contribution in [3.05, 3.63) is 32.9 Å². The van der Waals surface area contributed by atoms with Crippen molar-refractivity contribution in [1.29, 1.82) is 0 Å². The number of halogens is 2. The summed E-state index contributed by atoms with van der Waals surface area (Å²) in [6, 6.07) is 3.51. The lowest BCUT2D eigenvalue weighted by atomic mass is 10.1. The molecular weight excluding hydrogens is 412 g/mol. The molecule has 0 spiro atoms. The molecule has 7 nitrogen and oxygen atoms in total. The lowest BCUT2D eigenvalue weighted by Crippen LogP contribution is -2.26. The third kappa shape index (κ3) is 3.36. The number of aromatic nitrogens is 2. The van der Waals surface area contributed by atoms with E-state index in [2.05, 4.69) is 25.9 Å². The van der Waals surface area contributed by atoms with E-state index in [0.29, 0.717) is 47.4 Å². The highest BCUT2D eigenvalue weighted by molar-refractivity contribution is 9.10. The molecule has 0 bridgehead atoms. The number of rotatable bonds is 3. The number of ether oxygens (including phenoxy) is 2. The Balaban J connectivity index is 2.08. The molecule has 2 N–H and O–H groups in total. The zero-order chi connectivity index (χ0) is 18.1. The Morgan fingerprint density at radius 2 is 2.16 bits per heavy atom. The first-order chi connectivity index (χ1) is 11.9. The van der Waals surface area contributed by atoms with Crippen molar-refractivity contribution in [2.75, 3.05) is 19.5 Å². The maximum absolute atomic E-state index is 12.0. The number of hydrogen-bond acceptors (Lipinski definition) is 6. The number of amides is 1. The number of anilines is 1. The molecule has 0 saturated carbocycles. The fraction of sp³-hybridized carbons (Fsp3) is 0.312. The molecule has 0 unspecified atom stereocenters. The van der Waals surface area contributed by atoms with Crippen LogP contribution in [0.3, 0.4) is 0 Å². The van der Waals surface area contributed by atoms with Crippen LogP contribution in [-0.4, -0.2) is 34.7 Å². The van der Waals surface area contributed by atoms with Gasteiger partial charge in [-0.05, 0) is 35.0 Å². The SMILES string of the molecule is CCOC(=O)N1Cc2nc(N)nc(-c3cc(OC)c(Br)cc3Cl)c2C1. The molecule has 1 aliphatic heterocycles. The van der Waals surface area contributed by atoms with Crippen LogP contribution < -0.4 is 10.5 Å². The molecule has 1 aromatic heterocycles. The maximum atomic E-state index is 12.0. The van der Waals surface area contributed by atoms with E-state index in [1.807, 2.05) is 0 Å². The van der Waals surface area contributed by atoms with E-state index >= 15 is 0 Å². The number of fused-ring (bicyclic) bond motifs is 1. The maximum Gasteiger partial charge on any atom is 0.410 e. The highest BCUT2D eigenvalue weighted by atomic mass is 79.9. The standard InChI is InChI=1S/C16H16BrClN4O3/c1-3-25-16(23)22-6-9-12(7-22)20-15(19)21-14(9)8-4-13(24-2)10(17)5-11(8)18/h4-5H,3,6-7H2,1-2H3,(H2,19,20,21). The average Bonchev–Trinajstić information content (AvgIpc) is 2.98. The zero-order valence-electron chi connectivity index (χ0n) is 13.7. The van der Waals surface area contributed by atoms with Crippen LogP contribution in [0.4, 0.5) is 10.7 Å². The summed E-state index contributed by atoms with van der Waals surface area (Å²) in [7, 11) is 1.57. The quantitative estimate of drug-likeness (QED) is 0.804. The fourth-order valence-electron chi connectivity index (χ4n) is 2.71. The van der Waals surface area contributed by atoms with E-state index in [4.69, 9.17) is 26.8 Å². The van der Waals surface area contributed by atoms with E-state index in [0.717, 1.165) is 10.0 Å². The Morgan fingerprint density at radius 1 is 1.40 bits per heavy atom. The van der Waals surface area contributed by atoms with Crippen molar-refractivity contribution in [1.82, 2.24) is 14.9 Å². The molecule has 25 heavy (non-hydrogen) atoms. The van der Waals surface area contributed by atoms with Crippen molar-refractivity contribution in [3.8, 4) is 17.0 Å². The smallest absolute Gasteiger partial charge is 0.410 e. The van der Waals surface area contributed by atoms with Crippen molar-refractivity contribution < 1.29 is 14.3 Å². The first-order valence-corrected chi connectivity index (χ1v) is 8.72. The molecule has 0 radical (unpaired) electrons. The predicted molar refractivity (Wildman–Crippen MR) is 97.4 cm³/mol. The topological polar surface area (TPSA) is 90.6 Å². The van der Waals surface area contributed by atoms with E-state index in [-0.39, 0.29) is 5.95 Å². The molecule has 1 aromatic carbocycles.